The van der Waals surface area contributed by atoms with E-state index in [0.717, 1.165) is 25.9 Å². The summed E-state index contributed by atoms with van der Waals surface area (Å²) in [6.45, 7) is 2.05. The average Bonchev–Trinajstić information content (AvgIpc) is 3.16. The predicted molar refractivity (Wildman–Crippen MR) is 108 cm³/mol. The van der Waals surface area contributed by atoms with Crippen LogP contribution in [0.3, 0.4) is 0 Å². The lowest BCUT2D eigenvalue weighted by atomic mass is 10.0. The third-order valence-corrected chi connectivity index (χ3v) is 5.27. The highest BCUT2D eigenvalue weighted by Crippen LogP contribution is 2.27. The lowest BCUT2D eigenvalue weighted by molar-refractivity contribution is 0.100. The van der Waals surface area contributed by atoms with E-state index < -0.39 is 11.9 Å². The number of primary amides is 1. The van der Waals surface area contributed by atoms with Crippen LogP contribution in [-0.4, -0.2) is 38.7 Å². The molecule has 1 amide bonds. The zero-order valence-corrected chi connectivity index (χ0v) is 16.3. The van der Waals surface area contributed by atoms with Gasteiger partial charge in [-0.2, -0.15) is 9.49 Å². The van der Waals surface area contributed by atoms with Crippen molar-refractivity contribution in [2.75, 3.05) is 18.4 Å². The standard InChI is InChI=1S/C21H22F2N6O/c22-15-3-5-16(6-4-15)26-21-18(20(24)30)13-29(27-21)17-7-10-28(11-8-17)12-14-2-1-9-25-19(14)23/h1-6,9,13,17H,7-8,10-12H2,(H2,24,30)(H,26,27). The maximum Gasteiger partial charge on any atom is 0.254 e. The zero-order chi connectivity index (χ0) is 21.1. The van der Waals surface area contributed by atoms with Crippen LogP contribution in [0.25, 0.3) is 0 Å². The number of carbonyl (C=O) groups is 1. The van der Waals surface area contributed by atoms with Gasteiger partial charge in [0.1, 0.15) is 11.4 Å². The second kappa shape index (κ2) is 8.58. The van der Waals surface area contributed by atoms with Crippen LogP contribution in [0, 0.1) is 11.8 Å². The normalized spacial score (nSPS) is 15.3. The Morgan fingerprint density at radius 2 is 1.90 bits per heavy atom. The molecule has 156 valence electrons. The molecule has 4 rings (SSSR count). The second-order valence-electron chi connectivity index (χ2n) is 7.33. The molecule has 0 saturated carbocycles. The Labute approximate surface area is 172 Å². The molecular formula is C21H22F2N6O. The van der Waals surface area contributed by atoms with Gasteiger partial charge in [0.2, 0.25) is 5.95 Å². The van der Waals surface area contributed by atoms with Crippen LogP contribution in [0.1, 0.15) is 34.8 Å². The monoisotopic (exact) mass is 412 g/mol. The van der Waals surface area contributed by atoms with Gasteiger partial charge >= 0.3 is 0 Å². The Kier molecular flexibility index (Phi) is 5.71. The number of benzene rings is 1. The Bertz CT molecular complexity index is 1030. The minimum absolute atomic E-state index is 0.0989. The van der Waals surface area contributed by atoms with Crippen molar-refractivity contribution in [3.8, 4) is 0 Å². The fourth-order valence-electron chi connectivity index (χ4n) is 3.64. The van der Waals surface area contributed by atoms with Crippen molar-refractivity contribution in [2.24, 2.45) is 5.73 Å². The lowest BCUT2D eigenvalue weighted by Crippen LogP contribution is -2.34. The number of nitrogens with zero attached hydrogens (tertiary/aromatic N) is 4. The van der Waals surface area contributed by atoms with Crippen molar-refractivity contribution in [2.45, 2.75) is 25.4 Å². The van der Waals surface area contributed by atoms with Gasteiger partial charge in [0.05, 0.1) is 6.04 Å². The fraction of sp³-hybridized carbons (Fsp3) is 0.286. The maximum atomic E-state index is 13.8. The molecule has 1 saturated heterocycles. The number of piperidine rings is 1. The highest BCUT2D eigenvalue weighted by Gasteiger charge is 2.24. The summed E-state index contributed by atoms with van der Waals surface area (Å²) < 4.78 is 28.7. The summed E-state index contributed by atoms with van der Waals surface area (Å²) in [6, 6.07) is 9.35. The molecule has 2 aromatic heterocycles. The zero-order valence-electron chi connectivity index (χ0n) is 16.3. The van der Waals surface area contributed by atoms with Gasteiger partial charge < -0.3 is 11.1 Å². The molecule has 3 heterocycles. The van der Waals surface area contributed by atoms with E-state index in [2.05, 4.69) is 20.3 Å². The number of anilines is 2. The highest BCUT2D eigenvalue weighted by atomic mass is 19.1. The molecule has 0 bridgehead atoms. The van der Waals surface area contributed by atoms with Crippen LogP contribution < -0.4 is 11.1 Å². The molecule has 0 unspecified atom stereocenters. The average molecular weight is 412 g/mol. The van der Waals surface area contributed by atoms with Gasteiger partial charge in [-0.3, -0.25) is 14.4 Å². The summed E-state index contributed by atoms with van der Waals surface area (Å²) in [7, 11) is 0. The summed E-state index contributed by atoms with van der Waals surface area (Å²) in [4.78, 5) is 17.7. The van der Waals surface area contributed by atoms with Gasteiger partial charge in [0.15, 0.2) is 5.82 Å². The third-order valence-electron chi connectivity index (χ3n) is 5.27. The Hall–Kier alpha value is -3.33. The molecule has 0 radical (unpaired) electrons. The van der Waals surface area contributed by atoms with E-state index in [1.807, 2.05) is 0 Å². The minimum atomic E-state index is -0.588. The first kappa shape index (κ1) is 20.0. The number of rotatable bonds is 6. The van der Waals surface area contributed by atoms with Crippen LogP contribution in [0.5, 0.6) is 0 Å². The number of halogens is 2. The molecule has 0 atom stereocenters. The smallest absolute Gasteiger partial charge is 0.254 e. The maximum absolute atomic E-state index is 13.8. The van der Waals surface area contributed by atoms with Gasteiger partial charge in [-0.1, -0.05) is 6.07 Å². The topological polar surface area (TPSA) is 89.1 Å². The number of pyridine rings is 1. The molecular weight excluding hydrogens is 390 g/mol. The van der Waals surface area contributed by atoms with Crippen LogP contribution in [0.15, 0.2) is 48.8 Å². The van der Waals surface area contributed by atoms with E-state index in [4.69, 9.17) is 5.73 Å². The van der Waals surface area contributed by atoms with Crippen molar-refractivity contribution in [1.82, 2.24) is 19.7 Å². The van der Waals surface area contributed by atoms with Crippen LogP contribution >= 0.6 is 0 Å². The molecule has 7 nitrogen and oxygen atoms in total. The van der Waals surface area contributed by atoms with Crippen LogP contribution in [0.2, 0.25) is 0 Å². The SMILES string of the molecule is NC(=O)c1cn(C2CCN(Cc3cccnc3F)CC2)nc1Nc1ccc(F)cc1. The van der Waals surface area contributed by atoms with Crippen molar-refractivity contribution in [3.63, 3.8) is 0 Å². The number of hydrogen-bond acceptors (Lipinski definition) is 5. The van der Waals surface area contributed by atoms with E-state index in [-0.39, 0.29) is 17.4 Å². The van der Waals surface area contributed by atoms with E-state index in [1.165, 1.54) is 18.3 Å². The molecule has 9 heteroatoms. The molecule has 3 aromatic rings. The van der Waals surface area contributed by atoms with E-state index in [0.29, 0.717) is 23.6 Å². The number of amides is 1. The first-order chi connectivity index (χ1) is 14.5. The summed E-state index contributed by atoms with van der Waals surface area (Å²) in [5, 5.41) is 7.55. The minimum Gasteiger partial charge on any atom is -0.365 e. The van der Waals surface area contributed by atoms with Gasteiger partial charge in [0.25, 0.3) is 5.91 Å². The summed E-state index contributed by atoms with van der Waals surface area (Å²) in [6.07, 6.45) is 4.70. The summed E-state index contributed by atoms with van der Waals surface area (Å²) >= 11 is 0. The van der Waals surface area contributed by atoms with Crippen molar-refractivity contribution < 1.29 is 13.6 Å². The second-order valence-corrected chi connectivity index (χ2v) is 7.33. The first-order valence-corrected chi connectivity index (χ1v) is 9.73. The van der Waals surface area contributed by atoms with E-state index in [9.17, 15) is 13.6 Å². The molecule has 0 aliphatic carbocycles. The molecule has 30 heavy (non-hydrogen) atoms. The summed E-state index contributed by atoms with van der Waals surface area (Å²) in [5.74, 6) is -1.03. The van der Waals surface area contributed by atoms with Crippen molar-refractivity contribution >= 4 is 17.4 Å². The molecule has 3 N–H and O–H groups in total. The number of likely N-dealkylation sites (tertiary alicyclic amines) is 1. The Morgan fingerprint density at radius 3 is 2.57 bits per heavy atom. The fourth-order valence-corrected chi connectivity index (χ4v) is 3.64. The number of aromatic nitrogens is 3. The van der Waals surface area contributed by atoms with E-state index in [1.54, 1.807) is 35.1 Å². The quantitative estimate of drug-likeness (QED) is 0.607. The number of nitrogens with one attached hydrogen (secondary N) is 1. The van der Waals surface area contributed by atoms with Crippen LogP contribution in [0.4, 0.5) is 20.3 Å². The van der Waals surface area contributed by atoms with Crippen molar-refractivity contribution in [3.05, 3.63) is 71.7 Å². The van der Waals surface area contributed by atoms with Crippen LogP contribution in [-0.2, 0) is 6.54 Å². The first-order valence-electron chi connectivity index (χ1n) is 9.73. The molecule has 1 aliphatic heterocycles. The van der Waals surface area contributed by atoms with Gasteiger partial charge in [-0.25, -0.2) is 9.37 Å². The largest absolute Gasteiger partial charge is 0.365 e. The number of hydrogen-bond donors (Lipinski definition) is 2. The van der Waals surface area contributed by atoms with Gasteiger partial charge in [0, 0.05) is 43.3 Å². The lowest BCUT2D eigenvalue weighted by Gasteiger charge is -2.32. The van der Waals surface area contributed by atoms with Crippen molar-refractivity contribution in [1.29, 1.82) is 0 Å². The number of carbonyl (C=O) groups excluding carboxylic acids is 1. The molecule has 1 aliphatic rings. The molecule has 0 spiro atoms. The highest BCUT2D eigenvalue weighted by molar-refractivity contribution is 5.98. The molecule has 1 aromatic carbocycles. The Balaban J connectivity index is 1.44. The number of nitrogens with two attached hydrogens (primary N) is 1. The van der Waals surface area contributed by atoms with Gasteiger partial charge in [-0.05, 0) is 43.2 Å². The van der Waals surface area contributed by atoms with E-state index >= 15 is 0 Å². The third kappa shape index (κ3) is 4.46. The predicted octanol–water partition coefficient (Wildman–Crippen LogP) is 3.24. The van der Waals surface area contributed by atoms with Gasteiger partial charge in [-0.15, -0.1) is 0 Å². The molecule has 1 fully saturated rings. The Morgan fingerprint density at radius 1 is 1.17 bits per heavy atom. The summed E-state index contributed by atoms with van der Waals surface area (Å²) in [5.41, 5.74) is 6.98.